The number of ether oxygens (including phenoxy) is 1. The average Bonchev–Trinajstić information content (AvgIpc) is 3.06. The van der Waals surface area contributed by atoms with Crippen molar-refractivity contribution in [2.45, 2.75) is 25.9 Å². The summed E-state index contributed by atoms with van der Waals surface area (Å²) in [5.41, 5.74) is 3.45. The van der Waals surface area contributed by atoms with Crippen LogP contribution in [0.3, 0.4) is 0 Å². The Balaban J connectivity index is 1.61. The molecule has 0 saturated carbocycles. The van der Waals surface area contributed by atoms with Crippen molar-refractivity contribution in [3.05, 3.63) is 64.7 Å². The molecule has 1 heterocycles. The van der Waals surface area contributed by atoms with E-state index in [1.165, 1.54) is 5.56 Å². The van der Waals surface area contributed by atoms with Gasteiger partial charge in [0, 0.05) is 17.4 Å². The molecule has 1 aliphatic rings. The van der Waals surface area contributed by atoms with Gasteiger partial charge < -0.3 is 9.57 Å². The maximum atomic E-state index is 6.05. The molecule has 0 unspecified atom stereocenters. The second kappa shape index (κ2) is 7.05. The van der Waals surface area contributed by atoms with Gasteiger partial charge in [0.05, 0.1) is 12.8 Å². The minimum Gasteiger partial charge on any atom is -0.497 e. The highest BCUT2D eigenvalue weighted by Gasteiger charge is 2.26. The summed E-state index contributed by atoms with van der Waals surface area (Å²) >= 11 is 6.05. The second-order valence-corrected chi connectivity index (χ2v) is 6.33. The summed E-state index contributed by atoms with van der Waals surface area (Å²) < 4.78 is 5.19. The fourth-order valence-corrected chi connectivity index (χ4v) is 3.00. The number of rotatable bonds is 5. The summed E-state index contributed by atoms with van der Waals surface area (Å²) in [6.07, 6.45) is 1.73. The molecule has 0 N–H and O–H groups in total. The van der Waals surface area contributed by atoms with Gasteiger partial charge in [-0.25, -0.2) is 0 Å². The number of benzene rings is 2. The molecule has 2 aromatic carbocycles. The molecule has 3 rings (SSSR count). The molecule has 1 aliphatic heterocycles. The molecule has 23 heavy (non-hydrogen) atoms. The highest BCUT2D eigenvalue weighted by molar-refractivity contribution is 6.30. The van der Waals surface area contributed by atoms with E-state index in [1.54, 1.807) is 7.11 Å². The molecule has 0 aromatic heterocycles. The standard InChI is InChI=1S/C19H20ClNO2/c1-13(10-14-6-8-17(22-2)9-7-14)18-12-19(23-21-18)15-4-3-5-16(20)11-15/h3-9,11,13,19H,10,12H2,1-2H3/t13-,19-/m1/s1. The molecule has 0 fully saturated rings. The first-order valence-electron chi connectivity index (χ1n) is 7.76. The zero-order valence-electron chi connectivity index (χ0n) is 13.3. The van der Waals surface area contributed by atoms with Gasteiger partial charge in [0.2, 0.25) is 0 Å². The Morgan fingerprint density at radius 1 is 1.26 bits per heavy atom. The highest BCUT2D eigenvalue weighted by atomic mass is 35.5. The van der Waals surface area contributed by atoms with Gasteiger partial charge in [-0.15, -0.1) is 0 Å². The van der Waals surface area contributed by atoms with Crippen LogP contribution in [0.1, 0.15) is 30.6 Å². The van der Waals surface area contributed by atoms with Crippen molar-refractivity contribution in [2.75, 3.05) is 7.11 Å². The van der Waals surface area contributed by atoms with Crippen molar-refractivity contribution in [1.29, 1.82) is 0 Å². The molecule has 0 amide bonds. The topological polar surface area (TPSA) is 30.8 Å². The molecule has 0 radical (unpaired) electrons. The van der Waals surface area contributed by atoms with E-state index in [4.69, 9.17) is 21.2 Å². The Labute approximate surface area is 141 Å². The van der Waals surface area contributed by atoms with Crippen LogP contribution in [0.5, 0.6) is 5.75 Å². The summed E-state index contributed by atoms with van der Waals surface area (Å²) in [6.45, 7) is 2.19. The first-order chi connectivity index (χ1) is 11.2. The SMILES string of the molecule is COc1ccc(C[C@@H](C)C2=NO[C@@H](c3cccc(Cl)c3)C2)cc1. The molecule has 4 heteroatoms. The van der Waals surface area contributed by atoms with E-state index < -0.39 is 0 Å². The monoisotopic (exact) mass is 329 g/mol. The molecule has 0 saturated heterocycles. The molecule has 2 atom stereocenters. The molecule has 2 aromatic rings. The number of methoxy groups -OCH3 is 1. The Morgan fingerprint density at radius 3 is 2.74 bits per heavy atom. The van der Waals surface area contributed by atoms with E-state index in [0.29, 0.717) is 5.92 Å². The zero-order chi connectivity index (χ0) is 16.2. The predicted octanol–water partition coefficient (Wildman–Crippen LogP) is 5.04. The van der Waals surface area contributed by atoms with Crippen LogP contribution >= 0.6 is 11.6 Å². The first kappa shape index (κ1) is 15.9. The summed E-state index contributed by atoms with van der Waals surface area (Å²) in [4.78, 5) is 5.61. The Kier molecular flexibility index (Phi) is 4.87. The van der Waals surface area contributed by atoms with Gasteiger partial charge in [0.15, 0.2) is 6.10 Å². The lowest BCUT2D eigenvalue weighted by Crippen LogP contribution is -2.12. The van der Waals surface area contributed by atoms with E-state index in [1.807, 2.05) is 36.4 Å². The zero-order valence-corrected chi connectivity index (χ0v) is 14.1. The Bertz CT molecular complexity index is 697. The van der Waals surface area contributed by atoms with Crippen molar-refractivity contribution >= 4 is 17.3 Å². The van der Waals surface area contributed by atoms with Crippen molar-refractivity contribution in [3.63, 3.8) is 0 Å². The van der Waals surface area contributed by atoms with Crippen LogP contribution < -0.4 is 4.74 Å². The first-order valence-corrected chi connectivity index (χ1v) is 8.14. The van der Waals surface area contributed by atoms with Crippen molar-refractivity contribution in [2.24, 2.45) is 11.1 Å². The minimum absolute atomic E-state index is 0.0259. The van der Waals surface area contributed by atoms with Crippen LogP contribution in [-0.2, 0) is 11.3 Å². The summed E-state index contributed by atoms with van der Waals surface area (Å²) in [5, 5.41) is 5.03. The highest BCUT2D eigenvalue weighted by Crippen LogP contribution is 2.31. The average molecular weight is 330 g/mol. The van der Waals surface area contributed by atoms with Crippen LogP contribution in [0.15, 0.2) is 53.7 Å². The van der Waals surface area contributed by atoms with E-state index in [2.05, 4.69) is 24.2 Å². The van der Waals surface area contributed by atoms with Crippen molar-refractivity contribution < 1.29 is 9.57 Å². The third-order valence-electron chi connectivity index (χ3n) is 4.18. The molecular weight excluding hydrogens is 310 g/mol. The fourth-order valence-electron chi connectivity index (χ4n) is 2.81. The van der Waals surface area contributed by atoms with Gasteiger partial charge in [-0.05, 0) is 41.8 Å². The number of oxime groups is 1. The van der Waals surface area contributed by atoms with E-state index in [9.17, 15) is 0 Å². The number of hydrogen-bond donors (Lipinski definition) is 0. The molecule has 0 aliphatic carbocycles. The normalized spacial score (nSPS) is 18.2. The number of hydrogen-bond acceptors (Lipinski definition) is 3. The largest absolute Gasteiger partial charge is 0.497 e. The van der Waals surface area contributed by atoms with Crippen molar-refractivity contribution in [1.82, 2.24) is 0 Å². The maximum absolute atomic E-state index is 6.05. The predicted molar refractivity (Wildman–Crippen MR) is 93.2 cm³/mol. The van der Waals surface area contributed by atoms with Crippen LogP contribution in [0.2, 0.25) is 5.02 Å². The maximum Gasteiger partial charge on any atom is 0.157 e. The van der Waals surface area contributed by atoms with Crippen LogP contribution in [0, 0.1) is 5.92 Å². The van der Waals surface area contributed by atoms with Gasteiger partial charge in [-0.2, -0.15) is 0 Å². The fraction of sp³-hybridized carbons (Fsp3) is 0.316. The second-order valence-electron chi connectivity index (χ2n) is 5.89. The lowest BCUT2D eigenvalue weighted by molar-refractivity contribution is 0.0857. The van der Waals surface area contributed by atoms with E-state index in [0.717, 1.165) is 34.9 Å². The molecule has 120 valence electrons. The number of nitrogens with zero attached hydrogens (tertiary/aromatic N) is 1. The lowest BCUT2D eigenvalue weighted by atomic mass is 9.92. The lowest BCUT2D eigenvalue weighted by Gasteiger charge is -2.12. The number of halogens is 1. The van der Waals surface area contributed by atoms with E-state index >= 15 is 0 Å². The summed E-state index contributed by atoms with van der Waals surface area (Å²) in [5.74, 6) is 1.22. The van der Waals surface area contributed by atoms with Crippen LogP contribution in [0.4, 0.5) is 0 Å². The molecule has 0 spiro atoms. The minimum atomic E-state index is -0.0259. The smallest absolute Gasteiger partial charge is 0.157 e. The van der Waals surface area contributed by atoms with Gasteiger partial charge in [-0.3, -0.25) is 0 Å². The summed E-state index contributed by atoms with van der Waals surface area (Å²) in [6, 6.07) is 16.0. The van der Waals surface area contributed by atoms with Gasteiger partial charge in [-0.1, -0.05) is 47.9 Å². The molecule has 0 bridgehead atoms. The Morgan fingerprint density at radius 2 is 2.04 bits per heavy atom. The van der Waals surface area contributed by atoms with E-state index in [-0.39, 0.29) is 6.10 Å². The quantitative estimate of drug-likeness (QED) is 0.769. The third kappa shape index (κ3) is 3.85. The molecular formula is C19H20ClNO2. The Hall–Kier alpha value is -2.00. The van der Waals surface area contributed by atoms with Crippen molar-refractivity contribution in [3.8, 4) is 5.75 Å². The van der Waals surface area contributed by atoms with Gasteiger partial charge in [0.25, 0.3) is 0 Å². The third-order valence-corrected chi connectivity index (χ3v) is 4.42. The molecule has 3 nitrogen and oxygen atoms in total. The van der Waals surface area contributed by atoms with Gasteiger partial charge >= 0.3 is 0 Å². The van der Waals surface area contributed by atoms with Crippen LogP contribution in [0.25, 0.3) is 0 Å². The van der Waals surface area contributed by atoms with Gasteiger partial charge in [0.1, 0.15) is 5.75 Å². The summed E-state index contributed by atoms with van der Waals surface area (Å²) in [7, 11) is 1.68. The van der Waals surface area contributed by atoms with Crippen LogP contribution in [-0.4, -0.2) is 12.8 Å².